The van der Waals surface area contributed by atoms with Crippen molar-refractivity contribution in [3.8, 4) is 11.5 Å². The number of sulfone groups is 1. The summed E-state index contributed by atoms with van der Waals surface area (Å²) >= 11 is 4.21. The predicted molar refractivity (Wildman–Crippen MR) is 132 cm³/mol. The van der Waals surface area contributed by atoms with Crippen LogP contribution in [-0.4, -0.2) is 25.1 Å². The number of thioether (sulfide) groups is 1. The van der Waals surface area contributed by atoms with Crippen LogP contribution < -0.4 is 5.32 Å². The zero-order valence-electron chi connectivity index (χ0n) is 17.8. The Kier molecular flexibility index (Phi) is 7.20. The predicted octanol–water partition coefficient (Wildman–Crippen LogP) is 6.12. The SMILES string of the molecule is Cc1ccc(-c2nc(S(=O)(=O)c3ccc(Br)cc3)c(SCC(=O)Nc3ccc(F)cc3)o2)cc1. The van der Waals surface area contributed by atoms with Crippen LogP contribution in [0.15, 0.2) is 96.7 Å². The molecule has 6 nitrogen and oxygen atoms in total. The summed E-state index contributed by atoms with van der Waals surface area (Å²) in [6.45, 7) is 1.93. The number of carbonyl (C=O) groups excluding carboxylic acids is 1. The molecule has 0 aliphatic carbocycles. The Morgan fingerprint density at radius 2 is 1.68 bits per heavy atom. The van der Waals surface area contributed by atoms with Gasteiger partial charge in [-0.15, -0.1) is 0 Å². The maximum atomic E-state index is 13.3. The minimum Gasteiger partial charge on any atom is -0.428 e. The Morgan fingerprint density at radius 3 is 2.32 bits per heavy atom. The smallest absolute Gasteiger partial charge is 0.234 e. The van der Waals surface area contributed by atoms with Crippen molar-refractivity contribution in [2.45, 2.75) is 21.9 Å². The molecule has 0 spiro atoms. The number of oxazole rings is 1. The number of carbonyl (C=O) groups is 1. The minimum atomic E-state index is -4.01. The lowest BCUT2D eigenvalue weighted by molar-refractivity contribution is -0.113. The van der Waals surface area contributed by atoms with Crippen LogP contribution in [0.4, 0.5) is 10.1 Å². The molecule has 34 heavy (non-hydrogen) atoms. The van der Waals surface area contributed by atoms with E-state index in [0.29, 0.717) is 11.3 Å². The molecule has 0 aliphatic rings. The quantitative estimate of drug-likeness (QED) is 0.274. The topological polar surface area (TPSA) is 89.3 Å². The first kappa shape index (κ1) is 24.2. The maximum Gasteiger partial charge on any atom is 0.234 e. The number of rotatable bonds is 7. The van der Waals surface area contributed by atoms with Crippen LogP contribution in [-0.2, 0) is 14.6 Å². The van der Waals surface area contributed by atoms with Crippen LogP contribution in [0, 0.1) is 12.7 Å². The van der Waals surface area contributed by atoms with E-state index in [-0.39, 0.29) is 26.7 Å². The van der Waals surface area contributed by atoms with Crippen LogP contribution in [0.1, 0.15) is 5.56 Å². The van der Waals surface area contributed by atoms with Crippen molar-refractivity contribution in [1.29, 1.82) is 0 Å². The number of benzene rings is 3. The molecular weight excluding hydrogens is 543 g/mol. The fraction of sp³-hybridized carbons (Fsp3) is 0.0833. The third-order valence-electron chi connectivity index (χ3n) is 4.71. The summed E-state index contributed by atoms with van der Waals surface area (Å²) in [7, 11) is -4.01. The number of aryl methyl sites for hydroxylation is 1. The monoisotopic (exact) mass is 560 g/mol. The van der Waals surface area contributed by atoms with Gasteiger partial charge in [-0.1, -0.05) is 45.4 Å². The number of amides is 1. The second-order valence-corrected chi connectivity index (χ2v) is 11.0. The summed E-state index contributed by atoms with van der Waals surface area (Å²) in [6.07, 6.45) is 0. The van der Waals surface area contributed by atoms with E-state index in [1.165, 1.54) is 36.4 Å². The number of nitrogens with zero attached hydrogens (tertiary/aromatic N) is 1. The normalized spacial score (nSPS) is 11.4. The molecule has 0 saturated carbocycles. The molecule has 1 N–H and O–H groups in total. The van der Waals surface area contributed by atoms with Crippen molar-refractivity contribution in [3.63, 3.8) is 0 Å². The summed E-state index contributed by atoms with van der Waals surface area (Å²) in [5.74, 6) is -0.822. The van der Waals surface area contributed by atoms with Crippen LogP contribution in [0.3, 0.4) is 0 Å². The first-order valence-corrected chi connectivity index (χ1v) is 13.3. The summed E-state index contributed by atoms with van der Waals surface area (Å²) < 4.78 is 46.3. The molecule has 0 unspecified atom stereocenters. The van der Waals surface area contributed by atoms with E-state index in [4.69, 9.17) is 4.42 Å². The van der Waals surface area contributed by atoms with Gasteiger partial charge in [-0.25, -0.2) is 12.8 Å². The molecule has 4 rings (SSSR count). The Hall–Kier alpha value is -2.95. The van der Waals surface area contributed by atoms with E-state index in [9.17, 15) is 17.6 Å². The Bertz CT molecular complexity index is 1420. The average Bonchev–Trinajstić information content (AvgIpc) is 3.25. The first-order chi connectivity index (χ1) is 16.2. The van der Waals surface area contributed by atoms with Crippen molar-refractivity contribution in [2.24, 2.45) is 0 Å². The third kappa shape index (κ3) is 5.57. The van der Waals surface area contributed by atoms with Gasteiger partial charge in [0, 0.05) is 15.7 Å². The highest BCUT2D eigenvalue weighted by Crippen LogP contribution is 2.35. The Morgan fingerprint density at radius 1 is 1.03 bits per heavy atom. The van der Waals surface area contributed by atoms with E-state index in [0.717, 1.165) is 21.8 Å². The molecule has 0 atom stereocenters. The molecule has 174 valence electrons. The molecule has 1 aromatic heterocycles. The Balaban J connectivity index is 1.64. The number of halogens is 2. The fourth-order valence-corrected chi connectivity index (χ4v) is 5.55. The van der Waals surface area contributed by atoms with Crippen molar-refractivity contribution >= 4 is 49.1 Å². The zero-order chi connectivity index (χ0) is 24.3. The largest absolute Gasteiger partial charge is 0.428 e. The van der Waals surface area contributed by atoms with Crippen molar-refractivity contribution in [1.82, 2.24) is 4.98 Å². The second-order valence-electron chi connectivity index (χ2n) is 7.28. The lowest BCUT2D eigenvalue weighted by atomic mass is 10.1. The maximum absolute atomic E-state index is 13.3. The van der Waals surface area contributed by atoms with Gasteiger partial charge in [-0.3, -0.25) is 4.79 Å². The lowest BCUT2D eigenvalue weighted by Crippen LogP contribution is -2.14. The molecule has 3 aromatic carbocycles. The highest BCUT2D eigenvalue weighted by atomic mass is 79.9. The number of anilines is 1. The van der Waals surface area contributed by atoms with E-state index in [1.807, 2.05) is 19.1 Å². The Labute approximate surface area is 208 Å². The molecule has 0 fully saturated rings. The van der Waals surface area contributed by atoms with Gasteiger partial charge in [0.1, 0.15) is 5.82 Å². The number of aromatic nitrogens is 1. The molecule has 0 aliphatic heterocycles. The van der Waals surface area contributed by atoms with Crippen LogP contribution in [0.25, 0.3) is 11.5 Å². The average molecular weight is 561 g/mol. The minimum absolute atomic E-state index is 0.00718. The van der Waals surface area contributed by atoms with Gasteiger partial charge in [-0.05, 0) is 67.6 Å². The first-order valence-electron chi connectivity index (χ1n) is 9.99. The van der Waals surface area contributed by atoms with Crippen molar-refractivity contribution in [3.05, 3.63) is 88.6 Å². The van der Waals surface area contributed by atoms with Crippen molar-refractivity contribution in [2.75, 3.05) is 11.1 Å². The summed E-state index contributed by atoms with van der Waals surface area (Å²) in [6, 6.07) is 18.8. The van der Waals surface area contributed by atoms with Gasteiger partial charge < -0.3 is 9.73 Å². The molecule has 10 heteroatoms. The summed E-state index contributed by atoms with van der Waals surface area (Å²) in [5.41, 5.74) is 2.07. The number of nitrogens with one attached hydrogen (secondary N) is 1. The van der Waals surface area contributed by atoms with E-state index >= 15 is 0 Å². The highest BCUT2D eigenvalue weighted by molar-refractivity contribution is 9.10. The molecule has 1 heterocycles. The van der Waals surface area contributed by atoms with Gasteiger partial charge >= 0.3 is 0 Å². The third-order valence-corrected chi connectivity index (χ3v) is 7.99. The second kappa shape index (κ2) is 10.1. The van der Waals surface area contributed by atoms with Gasteiger partial charge in [0.25, 0.3) is 0 Å². The molecule has 1 amide bonds. The number of hydrogen-bond acceptors (Lipinski definition) is 6. The van der Waals surface area contributed by atoms with Crippen molar-refractivity contribution < 1.29 is 22.0 Å². The van der Waals surface area contributed by atoms with Crippen LogP contribution >= 0.6 is 27.7 Å². The van der Waals surface area contributed by atoms with Gasteiger partial charge in [0.15, 0.2) is 0 Å². The standard InChI is InChI=1S/C24H18BrFN2O4S2/c1-15-2-4-16(5-3-15)22-28-23(34(30,31)20-12-6-17(25)7-13-20)24(32-22)33-14-21(29)27-19-10-8-18(26)9-11-19/h2-13H,14H2,1H3,(H,27,29). The van der Waals surface area contributed by atoms with E-state index in [1.54, 1.807) is 24.3 Å². The summed E-state index contributed by atoms with van der Waals surface area (Å²) in [5, 5.41) is 2.38. The molecule has 4 aromatic rings. The summed E-state index contributed by atoms with van der Waals surface area (Å²) in [4.78, 5) is 16.8. The van der Waals surface area contributed by atoms with Gasteiger partial charge in [-0.2, -0.15) is 4.98 Å². The van der Waals surface area contributed by atoms with Gasteiger partial charge in [0.05, 0.1) is 10.6 Å². The molecular formula is C24H18BrFN2O4S2. The van der Waals surface area contributed by atoms with Crippen LogP contribution in [0.2, 0.25) is 0 Å². The van der Waals surface area contributed by atoms with Crippen LogP contribution in [0.5, 0.6) is 0 Å². The zero-order valence-corrected chi connectivity index (χ0v) is 21.0. The van der Waals surface area contributed by atoms with Gasteiger partial charge in [0.2, 0.25) is 31.8 Å². The molecule has 0 bridgehead atoms. The fourth-order valence-electron chi connectivity index (χ4n) is 2.96. The molecule has 0 radical (unpaired) electrons. The van der Waals surface area contributed by atoms with E-state index < -0.39 is 21.6 Å². The lowest BCUT2D eigenvalue weighted by Gasteiger charge is -2.05. The molecule has 0 saturated heterocycles. The highest BCUT2D eigenvalue weighted by Gasteiger charge is 2.29. The number of hydrogen-bond donors (Lipinski definition) is 1. The van der Waals surface area contributed by atoms with E-state index in [2.05, 4.69) is 26.2 Å².